The van der Waals surface area contributed by atoms with E-state index in [-0.39, 0.29) is 10.8 Å². The first-order chi connectivity index (χ1) is 11.1. The highest BCUT2D eigenvalue weighted by molar-refractivity contribution is 7.16. The van der Waals surface area contributed by atoms with Gasteiger partial charge in [-0.3, -0.25) is 14.9 Å². The molecule has 114 valence electrons. The summed E-state index contributed by atoms with van der Waals surface area (Å²) >= 11 is 1.03. The maximum Gasteiger partial charge on any atom is 0.324 e. The quantitative estimate of drug-likeness (QED) is 0.310. The molecular formula is C16H11N3O3S. The Morgan fingerprint density at radius 1 is 1.22 bits per heavy atom. The van der Waals surface area contributed by atoms with Gasteiger partial charge in [0.2, 0.25) is 0 Å². The molecule has 0 amide bonds. The standard InChI is InChI=1S/C16H11N3O3S/c20-15(7-5-14-6-8-16(23-14)19(21)22)12-1-3-13(4-2-12)18-10-9-17-11-18/h1-11H/b7-5+. The van der Waals surface area contributed by atoms with E-state index in [2.05, 4.69) is 4.98 Å². The lowest BCUT2D eigenvalue weighted by Crippen LogP contribution is -1.95. The number of carbonyl (C=O) groups excluding carboxylic acids is 1. The highest BCUT2D eigenvalue weighted by atomic mass is 32.1. The number of nitrogens with zero attached hydrogens (tertiary/aromatic N) is 3. The monoisotopic (exact) mass is 325 g/mol. The van der Waals surface area contributed by atoms with Crippen molar-refractivity contribution in [3.05, 3.63) is 81.8 Å². The number of hydrogen-bond donors (Lipinski definition) is 0. The summed E-state index contributed by atoms with van der Waals surface area (Å²) in [6.07, 6.45) is 8.19. The van der Waals surface area contributed by atoms with Crippen LogP contribution in [0.3, 0.4) is 0 Å². The van der Waals surface area contributed by atoms with Crippen molar-refractivity contribution in [3.63, 3.8) is 0 Å². The lowest BCUT2D eigenvalue weighted by Gasteiger charge is -2.02. The van der Waals surface area contributed by atoms with Crippen LogP contribution >= 0.6 is 11.3 Å². The van der Waals surface area contributed by atoms with Crippen LogP contribution in [0.5, 0.6) is 0 Å². The Morgan fingerprint density at radius 2 is 2.00 bits per heavy atom. The van der Waals surface area contributed by atoms with Gasteiger partial charge in [0.1, 0.15) is 0 Å². The maximum absolute atomic E-state index is 12.1. The number of hydrogen-bond acceptors (Lipinski definition) is 5. The Labute approximate surface area is 135 Å². The summed E-state index contributed by atoms with van der Waals surface area (Å²) in [5.74, 6) is -0.154. The van der Waals surface area contributed by atoms with Crippen molar-refractivity contribution < 1.29 is 9.72 Å². The molecule has 2 aromatic heterocycles. The van der Waals surface area contributed by atoms with Crippen molar-refractivity contribution in [1.29, 1.82) is 0 Å². The van der Waals surface area contributed by atoms with E-state index in [1.165, 1.54) is 12.1 Å². The molecule has 0 N–H and O–H groups in total. The zero-order valence-corrected chi connectivity index (χ0v) is 12.6. The third kappa shape index (κ3) is 3.41. The molecule has 0 saturated heterocycles. The normalized spacial score (nSPS) is 11.0. The van der Waals surface area contributed by atoms with Crippen LogP contribution in [0.25, 0.3) is 11.8 Å². The van der Waals surface area contributed by atoms with Crippen LogP contribution in [0, 0.1) is 10.1 Å². The number of benzene rings is 1. The summed E-state index contributed by atoms with van der Waals surface area (Å²) in [6.45, 7) is 0. The van der Waals surface area contributed by atoms with Crippen LogP contribution in [0.15, 0.2) is 61.2 Å². The summed E-state index contributed by atoms with van der Waals surface area (Å²) in [6, 6.07) is 10.2. The van der Waals surface area contributed by atoms with Crippen molar-refractivity contribution in [1.82, 2.24) is 9.55 Å². The third-order valence-corrected chi connectivity index (χ3v) is 4.15. The number of thiophene rings is 1. The number of carbonyl (C=O) groups is 1. The van der Waals surface area contributed by atoms with Gasteiger partial charge in [-0.15, -0.1) is 0 Å². The van der Waals surface area contributed by atoms with E-state index in [1.54, 1.807) is 36.8 Å². The Hall–Kier alpha value is -3.06. The second-order valence-electron chi connectivity index (χ2n) is 4.65. The zero-order valence-electron chi connectivity index (χ0n) is 11.8. The zero-order chi connectivity index (χ0) is 16.2. The molecule has 0 aliphatic rings. The molecule has 23 heavy (non-hydrogen) atoms. The Bertz CT molecular complexity index is 864. The minimum Gasteiger partial charge on any atom is -0.306 e. The van der Waals surface area contributed by atoms with E-state index in [0.717, 1.165) is 17.0 Å². The molecule has 3 rings (SSSR count). The molecule has 0 radical (unpaired) electrons. The number of allylic oxidation sites excluding steroid dienone is 1. The largest absolute Gasteiger partial charge is 0.324 e. The van der Waals surface area contributed by atoms with Gasteiger partial charge in [-0.25, -0.2) is 4.98 Å². The lowest BCUT2D eigenvalue weighted by molar-refractivity contribution is -0.380. The number of imidazole rings is 1. The van der Waals surface area contributed by atoms with Crippen LogP contribution in [0.4, 0.5) is 5.00 Å². The first-order valence-corrected chi connectivity index (χ1v) is 7.50. The summed E-state index contributed by atoms with van der Waals surface area (Å²) in [7, 11) is 0. The van der Waals surface area contributed by atoms with E-state index in [0.29, 0.717) is 10.4 Å². The number of ketones is 1. The molecule has 0 unspecified atom stereocenters. The van der Waals surface area contributed by atoms with Crippen LogP contribution in [-0.4, -0.2) is 20.3 Å². The van der Waals surface area contributed by atoms with Crippen molar-refractivity contribution in [2.75, 3.05) is 0 Å². The van der Waals surface area contributed by atoms with Gasteiger partial charge in [0.05, 0.1) is 11.3 Å². The number of rotatable bonds is 5. The van der Waals surface area contributed by atoms with Crippen molar-refractivity contribution in [2.24, 2.45) is 0 Å². The first-order valence-electron chi connectivity index (χ1n) is 6.68. The molecule has 6 nitrogen and oxygen atoms in total. The highest BCUT2D eigenvalue weighted by Gasteiger charge is 2.08. The van der Waals surface area contributed by atoms with Crippen LogP contribution < -0.4 is 0 Å². The Balaban J connectivity index is 1.72. The minimum atomic E-state index is -0.446. The SMILES string of the molecule is O=C(/C=C/c1ccc([N+](=O)[O-])s1)c1ccc(-n2ccnc2)cc1. The van der Waals surface area contributed by atoms with Gasteiger partial charge in [0.25, 0.3) is 0 Å². The fourth-order valence-corrected chi connectivity index (χ4v) is 2.72. The summed E-state index contributed by atoms with van der Waals surface area (Å²) in [4.78, 5) is 26.9. The predicted octanol–water partition coefficient (Wildman–Crippen LogP) is 3.74. The molecule has 0 fully saturated rings. The van der Waals surface area contributed by atoms with Crippen LogP contribution in [0.1, 0.15) is 15.2 Å². The summed E-state index contributed by atoms with van der Waals surface area (Å²) in [5, 5.41) is 10.7. The number of nitro groups is 1. The van der Waals surface area contributed by atoms with Gasteiger partial charge in [-0.2, -0.15) is 0 Å². The average Bonchev–Trinajstić information content (AvgIpc) is 3.24. The lowest BCUT2D eigenvalue weighted by atomic mass is 10.1. The smallest absolute Gasteiger partial charge is 0.306 e. The molecule has 0 spiro atoms. The van der Waals surface area contributed by atoms with E-state index >= 15 is 0 Å². The van der Waals surface area contributed by atoms with E-state index < -0.39 is 4.92 Å². The summed E-state index contributed by atoms with van der Waals surface area (Å²) < 4.78 is 1.84. The maximum atomic E-state index is 12.1. The van der Waals surface area contributed by atoms with Gasteiger partial charge in [-0.1, -0.05) is 11.3 Å². The molecule has 0 bridgehead atoms. The summed E-state index contributed by atoms with van der Waals surface area (Å²) in [5.41, 5.74) is 1.47. The van der Waals surface area contributed by atoms with Crippen molar-refractivity contribution >= 4 is 28.2 Å². The Morgan fingerprint density at radius 3 is 2.61 bits per heavy atom. The van der Waals surface area contributed by atoms with Crippen LogP contribution in [0.2, 0.25) is 0 Å². The molecule has 0 aliphatic heterocycles. The second-order valence-corrected chi connectivity index (χ2v) is 5.74. The molecule has 1 aromatic carbocycles. The fourth-order valence-electron chi connectivity index (χ4n) is 1.99. The van der Waals surface area contributed by atoms with E-state index in [9.17, 15) is 14.9 Å². The van der Waals surface area contributed by atoms with Gasteiger partial charge < -0.3 is 4.57 Å². The number of aromatic nitrogens is 2. The van der Waals surface area contributed by atoms with Crippen molar-refractivity contribution in [3.8, 4) is 5.69 Å². The van der Waals surface area contributed by atoms with E-state index in [4.69, 9.17) is 0 Å². The van der Waals surface area contributed by atoms with E-state index in [1.807, 2.05) is 22.9 Å². The molecule has 0 atom stereocenters. The van der Waals surface area contributed by atoms with Gasteiger partial charge in [0, 0.05) is 34.6 Å². The molecule has 0 saturated carbocycles. The molecule has 0 aliphatic carbocycles. The second kappa shape index (κ2) is 6.37. The highest BCUT2D eigenvalue weighted by Crippen LogP contribution is 2.25. The Kier molecular flexibility index (Phi) is 4.11. The topological polar surface area (TPSA) is 78.0 Å². The molecule has 3 aromatic rings. The fraction of sp³-hybridized carbons (Fsp3) is 0. The third-order valence-electron chi connectivity index (χ3n) is 3.15. The molecule has 2 heterocycles. The molecule has 7 heteroatoms. The van der Waals surface area contributed by atoms with Gasteiger partial charge in [0.15, 0.2) is 5.78 Å². The minimum absolute atomic E-state index is 0.0572. The van der Waals surface area contributed by atoms with Gasteiger partial charge >= 0.3 is 5.00 Å². The first kappa shape index (κ1) is 14.9. The van der Waals surface area contributed by atoms with Crippen molar-refractivity contribution in [2.45, 2.75) is 0 Å². The van der Waals surface area contributed by atoms with Gasteiger partial charge in [-0.05, 0) is 42.5 Å². The predicted molar refractivity (Wildman–Crippen MR) is 87.9 cm³/mol. The van der Waals surface area contributed by atoms with Crippen LogP contribution in [-0.2, 0) is 0 Å². The average molecular weight is 325 g/mol. The molecular weight excluding hydrogens is 314 g/mol.